The first-order chi connectivity index (χ1) is 5.94. The summed E-state index contributed by atoms with van der Waals surface area (Å²) in [5.41, 5.74) is 5.30. The molecule has 0 spiro atoms. The maximum absolute atomic E-state index is 11.4. The molecule has 0 fully saturated rings. The number of hydrogen-bond acceptors (Lipinski definition) is 4. The molecule has 0 aromatic heterocycles. The highest BCUT2D eigenvalue weighted by atomic mass is 35.5. The van der Waals surface area contributed by atoms with E-state index in [0.717, 1.165) is 0 Å². The van der Waals surface area contributed by atoms with Gasteiger partial charge in [-0.25, -0.2) is 13.1 Å². The van der Waals surface area contributed by atoms with E-state index < -0.39 is 15.3 Å². The summed E-state index contributed by atoms with van der Waals surface area (Å²) in [6, 6.07) is -0.232. The van der Waals surface area contributed by atoms with Crippen LogP contribution in [0.2, 0.25) is 0 Å². The molecule has 0 heterocycles. The minimum atomic E-state index is -3.29. The van der Waals surface area contributed by atoms with Gasteiger partial charge in [0.05, 0.1) is 11.9 Å². The molecule has 0 aliphatic rings. The summed E-state index contributed by atoms with van der Waals surface area (Å²) in [6.07, 6.45) is 0. The van der Waals surface area contributed by atoms with Crippen LogP contribution in [0.1, 0.15) is 13.8 Å². The van der Waals surface area contributed by atoms with Gasteiger partial charge in [0, 0.05) is 19.7 Å². The summed E-state index contributed by atoms with van der Waals surface area (Å²) in [5.74, 6) is 0. The van der Waals surface area contributed by atoms with E-state index >= 15 is 0 Å². The Morgan fingerprint density at radius 2 is 1.93 bits per heavy atom. The summed E-state index contributed by atoms with van der Waals surface area (Å²) < 4.78 is 30.1. The molecule has 0 bridgehead atoms. The lowest BCUT2D eigenvalue weighted by atomic mass is 10.4. The molecule has 0 aromatic rings. The fourth-order valence-electron chi connectivity index (χ4n) is 0.769. The second-order valence-corrected chi connectivity index (χ2v) is 5.20. The van der Waals surface area contributed by atoms with Crippen LogP contribution < -0.4 is 10.5 Å². The lowest BCUT2D eigenvalue weighted by molar-refractivity contribution is 0.200. The van der Waals surface area contributed by atoms with Gasteiger partial charge < -0.3 is 10.5 Å². The molecule has 88 valence electrons. The first-order valence-corrected chi connectivity index (χ1v) is 5.68. The number of halogens is 1. The molecule has 0 saturated carbocycles. The molecule has 0 aliphatic carbocycles. The molecule has 1 unspecified atom stereocenters. The fourth-order valence-corrected chi connectivity index (χ4v) is 1.97. The van der Waals surface area contributed by atoms with E-state index in [1.165, 1.54) is 7.11 Å². The molecule has 0 aliphatic heterocycles. The molecular formula is C7H19ClN2O3S. The quantitative estimate of drug-likeness (QED) is 0.675. The molecule has 0 rings (SSSR count). The molecular weight excluding hydrogens is 228 g/mol. The largest absolute Gasteiger partial charge is 0.383 e. The van der Waals surface area contributed by atoms with Crippen molar-refractivity contribution in [2.24, 2.45) is 5.73 Å². The Bertz CT molecular complexity index is 233. The number of hydrogen-bond donors (Lipinski definition) is 2. The second kappa shape index (κ2) is 7.42. The Morgan fingerprint density at radius 1 is 1.43 bits per heavy atom. The zero-order valence-corrected chi connectivity index (χ0v) is 10.3. The summed E-state index contributed by atoms with van der Waals surface area (Å²) >= 11 is 0. The van der Waals surface area contributed by atoms with Crippen molar-refractivity contribution in [2.75, 3.05) is 20.3 Å². The number of nitrogens with two attached hydrogens (primary N) is 1. The predicted molar refractivity (Wildman–Crippen MR) is 59.2 cm³/mol. The molecule has 2 atom stereocenters. The van der Waals surface area contributed by atoms with Gasteiger partial charge in [0.1, 0.15) is 0 Å². The van der Waals surface area contributed by atoms with Crippen LogP contribution in [-0.2, 0) is 14.8 Å². The zero-order valence-electron chi connectivity index (χ0n) is 8.69. The van der Waals surface area contributed by atoms with Crippen molar-refractivity contribution >= 4 is 22.4 Å². The lowest BCUT2D eigenvalue weighted by Gasteiger charge is -2.16. The van der Waals surface area contributed by atoms with Crippen molar-refractivity contribution in [3.8, 4) is 0 Å². The van der Waals surface area contributed by atoms with Crippen molar-refractivity contribution in [2.45, 2.75) is 25.1 Å². The van der Waals surface area contributed by atoms with Gasteiger partial charge in [-0.05, 0) is 13.8 Å². The summed E-state index contributed by atoms with van der Waals surface area (Å²) in [5, 5.41) is -0.550. The third kappa shape index (κ3) is 5.77. The molecule has 5 nitrogen and oxygen atoms in total. The van der Waals surface area contributed by atoms with Crippen LogP contribution in [0.5, 0.6) is 0 Å². The van der Waals surface area contributed by atoms with Crippen LogP contribution in [0.25, 0.3) is 0 Å². The third-order valence-electron chi connectivity index (χ3n) is 1.65. The van der Waals surface area contributed by atoms with Crippen molar-refractivity contribution in [1.82, 2.24) is 4.72 Å². The lowest BCUT2D eigenvalue weighted by Crippen LogP contribution is -2.43. The van der Waals surface area contributed by atoms with Gasteiger partial charge in [-0.2, -0.15) is 0 Å². The average Bonchev–Trinajstić information content (AvgIpc) is 2.04. The van der Waals surface area contributed by atoms with E-state index in [0.29, 0.717) is 6.54 Å². The van der Waals surface area contributed by atoms with Gasteiger partial charge >= 0.3 is 0 Å². The second-order valence-electron chi connectivity index (χ2n) is 3.07. The Morgan fingerprint density at radius 3 is 2.29 bits per heavy atom. The molecule has 7 heteroatoms. The van der Waals surface area contributed by atoms with Gasteiger partial charge in [-0.3, -0.25) is 0 Å². The Kier molecular flexibility index (Phi) is 8.77. The van der Waals surface area contributed by atoms with E-state index in [1.54, 1.807) is 13.8 Å². The number of sulfonamides is 1. The van der Waals surface area contributed by atoms with Gasteiger partial charge in [0.25, 0.3) is 0 Å². The van der Waals surface area contributed by atoms with Crippen LogP contribution in [0.3, 0.4) is 0 Å². The molecule has 0 radical (unpaired) electrons. The van der Waals surface area contributed by atoms with Crippen LogP contribution in [-0.4, -0.2) is 40.0 Å². The molecule has 14 heavy (non-hydrogen) atoms. The topological polar surface area (TPSA) is 81.4 Å². The monoisotopic (exact) mass is 246 g/mol. The number of nitrogens with one attached hydrogen (secondary N) is 1. The van der Waals surface area contributed by atoms with Crippen molar-refractivity contribution in [3.63, 3.8) is 0 Å². The first-order valence-electron chi connectivity index (χ1n) is 4.14. The van der Waals surface area contributed by atoms with Gasteiger partial charge in [0.15, 0.2) is 0 Å². The summed E-state index contributed by atoms with van der Waals surface area (Å²) in [6.45, 7) is 3.79. The van der Waals surface area contributed by atoms with Crippen molar-refractivity contribution < 1.29 is 13.2 Å². The van der Waals surface area contributed by atoms with E-state index in [-0.39, 0.29) is 25.1 Å². The Labute approximate surface area is 91.8 Å². The summed E-state index contributed by atoms with van der Waals surface area (Å²) in [4.78, 5) is 0. The molecule has 0 saturated heterocycles. The van der Waals surface area contributed by atoms with Crippen LogP contribution >= 0.6 is 12.4 Å². The summed E-state index contributed by atoms with van der Waals surface area (Å²) in [7, 11) is -1.82. The van der Waals surface area contributed by atoms with Crippen LogP contribution in [0.4, 0.5) is 0 Å². The highest BCUT2D eigenvalue weighted by Crippen LogP contribution is 1.99. The predicted octanol–water partition coefficient (Wildman–Crippen LogP) is -0.290. The van der Waals surface area contributed by atoms with Gasteiger partial charge in [-0.1, -0.05) is 0 Å². The van der Waals surface area contributed by atoms with Gasteiger partial charge in [-0.15, -0.1) is 12.4 Å². The number of methoxy groups -OCH3 is 1. The fraction of sp³-hybridized carbons (Fsp3) is 1.00. The highest BCUT2D eigenvalue weighted by molar-refractivity contribution is 7.90. The smallest absolute Gasteiger partial charge is 0.216 e. The van der Waals surface area contributed by atoms with Crippen molar-refractivity contribution in [1.29, 1.82) is 0 Å². The first kappa shape index (κ1) is 16.5. The maximum Gasteiger partial charge on any atom is 0.216 e. The minimum Gasteiger partial charge on any atom is -0.383 e. The highest BCUT2D eigenvalue weighted by Gasteiger charge is 2.21. The number of rotatable bonds is 6. The van der Waals surface area contributed by atoms with Gasteiger partial charge in [0.2, 0.25) is 10.0 Å². The third-order valence-corrected chi connectivity index (χ3v) is 3.58. The zero-order chi connectivity index (χ0) is 10.5. The van der Waals surface area contributed by atoms with E-state index in [4.69, 9.17) is 10.5 Å². The minimum absolute atomic E-state index is 0. The molecule has 0 aromatic carbocycles. The van der Waals surface area contributed by atoms with Crippen LogP contribution in [0, 0.1) is 0 Å². The van der Waals surface area contributed by atoms with E-state index in [2.05, 4.69) is 4.72 Å². The van der Waals surface area contributed by atoms with E-state index in [9.17, 15) is 8.42 Å². The van der Waals surface area contributed by atoms with E-state index in [1.807, 2.05) is 0 Å². The van der Waals surface area contributed by atoms with Crippen molar-refractivity contribution in [3.05, 3.63) is 0 Å². The normalized spacial score (nSPS) is 15.7. The molecule has 3 N–H and O–H groups in total. The maximum atomic E-state index is 11.4. The standard InChI is InChI=1S/C7H18N2O3S.ClH/c1-6(4-8)9-13(10,11)7(2)5-12-3;/h6-7,9H,4-5,8H2,1-3H3;1H/t6-,7?;/m0./s1. The molecule has 0 amide bonds. The van der Waals surface area contributed by atoms with Crippen LogP contribution in [0.15, 0.2) is 0 Å². The Hall–Kier alpha value is 0.120. The average molecular weight is 247 g/mol. The number of ether oxygens (including phenoxy) is 1. The Balaban J connectivity index is 0. The SMILES string of the molecule is COCC(C)S(=O)(=O)N[C@@H](C)CN.Cl.